The summed E-state index contributed by atoms with van der Waals surface area (Å²) in [6.45, 7) is 5.77. The van der Waals surface area contributed by atoms with Gasteiger partial charge in [-0.3, -0.25) is 4.79 Å². The smallest absolute Gasteiger partial charge is 0.257 e. The standard InChI is InChI=1S/C20H27N3O3/c1-14(2)23-13-10-21-19(23)15-8-11-22(12-9-15)20(24)16-6-5-7-17(25-3)18(16)26-4/h5-7,10,13-15H,8-9,11-12H2,1-4H3. The molecule has 6 nitrogen and oxygen atoms in total. The molecule has 1 amide bonds. The summed E-state index contributed by atoms with van der Waals surface area (Å²) in [5.41, 5.74) is 0.550. The molecule has 0 aliphatic carbocycles. The van der Waals surface area contributed by atoms with Crippen molar-refractivity contribution in [1.82, 2.24) is 14.5 Å². The molecule has 140 valence electrons. The molecule has 0 saturated carbocycles. The molecule has 26 heavy (non-hydrogen) atoms. The summed E-state index contributed by atoms with van der Waals surface area (Å²) >= 11 is 0. The van der Waals surface area contributed by atoms with E-state index in [1.165, 1.54) is 0 Å². The van der Waals surface area contributed by atoms with Gasteiger partial charge in [0.1, 0.15) is 5.82 Å². The molecule has 1 saturated heterocycles. The number of amides is 1. The lowest BCUT2D eigenvalue weighted by Gasteiger charge is -2.32. The number of imidazole rings is 1. The molecule has 1 aliphatic heterocycles. The van der Waals surface area contributed by atoms with Gasteiger partial charge in [-0.25, -0.2) is 4.98 Å². The maximum Gasteiger partial charge on any atom is 0.257 e. The van der Waals surface area contributed by atoms with Crippen molar-refractivity contribution in [2.75, 3.05) is 27.3 Å². The molecule has 0 spiro atoms. The van der Waals surface area contributed by atoms with Crippen LogP contribution in [0, 0.1) is 0 Å². The molecule has 1 fully saturated rings. The highest BCUT2D eigenvalue weighted by Crippen LogP contribution is 2.33. The van der Waals surface area contributed by atoms with Crippen molar-refractivity contribution in [3.05, 3.63) is 42.0 Å². The van der Waals surface area contributed by atoms with Crippen LogP contribution >= 0.6 is 0 Å². The van der Waals surface area contributed by atoms with Gasteiger partial charge in [0.2, 0.25) is 0 Å². The molecule has 0 radical (unpaired) electrons. The Morgan fingerprint density at radius 2 is 1.92 bits per heavy atom. The van der Waals surface area contributed by atoms with E-state index in [4.69, 9.17) is 9.47 Å². The average molecular weight is 357 g/mol. The van der Waals surface area contributed by atoms with Crippen LogP contribution in [0.1, 0.15) is 54.8 Å². The van der Waals surface area contributed by atoms with E-state index in [2.05, 4.69) is 23.4 Å². The molecule has 1 aromatic carbocycles. The number of nitrogens with zero attached hydrogens (tertiary/aromatic N) is 3. The first-order valence-corrected chi connectivity index (χ1v) is 9.09. The second-order valence-electron chi connectivity index (χ2n) is 6.89. The van der Waals surface area contributed by atoms with E-state index in [9.17, 15) is 4.79 Å². The number of hydrogen-bond donors (Lipinski definition) is 0. The summed E-state index contributed by atoms with van der Waals surface area (Å²) in [5, 5.41) is 0. The zero-order valence-electron chi connectivity index (χ0n) is 15.9. The van der Waals surface area contributed by atoms with E-state index < -0.39 is 0 Å². The van der Waals surface area contributed by atoms with Crippen LogP contribution < -0.4 is 9.47 Å². The number of carbonyl (C=O) groups excluding carboxylic acids is 1. The minimum Gasteiger partial charge on any atom is -0.493 e. The maximum atomic E-state index is 13.0. The Morgan fingerprint density at radius 3 is 2.54 bits per heavy atom. The van der Waals surface area contributed by atoms with E-state index in [0.717, 1.165) is 31.8 Å². The van der Waals surface area contributed by atoms with Crippen LogP contribution in [0.25, 0.3) is 0 Å². The van der Waals surface area contributed by atoms with Gasteiger partial charge in [-0.05, 0) is 38.8 Å². The first-order chi connectivity index (χ1) is 12.6. The Kier molecular flexibility index (Phi) is 5.49. The van der Waals surface area contributed by atoms with Crippen molar-refractivity contribution in [3.63, 3.8) is 0 Å². The van der Waals surface area contributed by atoms with Crippen molar-refractivity contribution in [2.45, 2.75) is 38.6 Å². The van der Waals surface area contributed by atoms with Crippen LogP contribution in [-0.2, 0) is 0 Å². The molecule has 1 aromatic heterocycles. The largest absolute Gasteiger partial charge is 0.493 e. The van der Waals surface area contributed by atoms with Crippen molar-refractivity contribution in [3.8, 4) is 11.5 Å². The third kappa shape index (κ3) is 3.41. The van der Waals surface area contributed by atoms with Crippen LogP contribution in [0.5, 0.6) is 11.5 Å². The predicted octanol–water partition coefficient (Wildman–Crippen LogP) is 3.50. The van der Waals surface area contributed by atoms with Gasteiger partial charge in [-0.15, -0.1) is 0 Å². The van der Waals surface area contributed by atoms with Crippen molar-refractivity contribution in [1.29, 1.82) is 0 Å². The summed E-state index contributed by atoms with van der Waals surface area (Å²) in [7, 11) is 3.14. The average Bonchev–Trinajstić information content (AvgIpc) is 3.17. The number of piperidine rings is 1. The fourth-order valence-electron chi connectivity index (χ4n) is 3.64. The fourth-order valence-corrected chi connectivity index (χ4v) is 3.64. The molecule has 0 N–H and O–H groups in total. The van der Waals surface area contributed by atoms with E-state index >= 15 is 0 Å². The second-order valence-corrected chi connectivity index (χ2v) is 6.89. The quantitative estimate of drug-likeness (QED) is 0.822. The Hall–Kier alpha value is -2.50. The number of benzene rings is 1. The van der Waals surface area contributed by atoms with Gasteiger partial charge in [-0.1, -0.05) is 6.07 Å². The molecular formula is C20H27N3O3. The van der Waals surface area contributed by atoms with Gasteiger partial charge in [-0.2, -0.15) is 0 Å². The highest BCUT2D eigenvalue weighted by Gasteiger charge is 2.29. The van der Waals surface area contributed by atoms with Gasteiger partial charge in [0.15, 0.2) is 11.5 Å². The molecule has 3 rings (SSSR count). The van der Waals surface area contributed by atoms with Crippen molar-refractivity contribution < 1.29 is 14.3 Å². The minimum atomic E-state index is -0.00796. The molecule has 0 atom stereocenters. The zero-order chi connectivity index (χ0) is 18.7. The summed E-state index contributed by atoms with van der Waals surface area (Å²) < 4.78 is 13.0. The maximum absolute atomic E-state index is 13.0. The second kappa shape index (κ2) is 7.81. The van der Waals surface area contributed by atoms with Crippen LogP contribution in [0.2, 0.25) is 0 Å². The minimum absolute atomic E-state index is 0.00796. The summed E-state index contributed by atoms with van der Waals surface area (Å²) in [5.74, 6) is 2.59. The van der Waals surface area contributed by atoms with Crippen molar-refractivity contribution >= 4 is 5.91 Å². The number of aromatic nitrogens is 2. The number of para-hydroxylation sites is 1. The number of likely N-dealkylation sites (tertiary alicyclic amines) is 1. The van der Waals surface area contributed by atoms with Crippen molar-refractivity contribution in [2.24, 2.45) is 0 Å². The summed E-state index contributed by atoms with van der Waals surface area (Å²) in [4.78, 5) is 19.4. The topological polar surface area (TPSA) is 56.6 Å². The Morgan fingerprint density at radius 1 is 1.19 bits per heavy atom. The van der Waals surface area contributed by atoms with Gasteiger partial charge >= 0.3 is 0 Å². The number of carbonyl (C=O) groups is 1. The molecule has 2 aromatic rings. The third-order valence-corrected chi connectivity index (χ3v) is 5.04. The lowest BCUT2D eigenvalue weighted by molar-refractivity contribution is 0.0706. The molecule has 1 aliphatic rings. The number of methoxy groups -OCH3 is 2. The number of ether oxygens (including phenoxy) is 2. The van der Waals surface area contributed by atoms with Gasteiger partial charge < -0.3 is 18.9 Å². The van der Waals surface area contributed by atoms with E-state index in [1.807, 2.05) is 23.4 Å². The molecular weight excluding hydrogens is 330 g/mol. The molecule has 2 heterocycles. The van der Waals surface area contributed by atoms with E-state index in [-0.39, 0.29) is 5.91 Å². The first kappa shape index (κ1) is 18.3. The van der Waals surface area contributed by atoms with E-state index in [1.54, 1.807) is 26.4 Å². The monoisotopic (exact) mass is 357 g/mol. The third-order valence-electron chi connectivity index (χ3n) is 5.04. The van der Waals surface area contributed by atoms with Crippen LogP contribution in [-0.4, -0.2) is 47.7 Å². The summed E-state index contributed by atoms with van der Waals surface area (Å²) in [6.07, 6.45) is 5.75. The Labute approximate surface area is 154 Å². The van der Waals surface area contributed by atoms with Crippen LogP contribution in [0.15, 0.2) is 30.6 Å². The first-order valence-electron chi connectivity index (χ1n) is 9.09. The van der Waals surface area contributed by atoms with Gasteiger partial charge in [0, 0.05) is 37.4 Å². The Balaban J connectivity index is 1.72. The lowest BCUT2D eigenvalue weighted by atomic mass is 9.95. The summed E-state index contributed by atoms with van der Waals surface area (Å²) in [6, 6.07) is 5.81. The molecule has 6 heteroatoms. The zero-order valence-corrected chi connectivity index (χ0v) is 15.9. The van der Waals surface area contributed by atoms with Gasteiger partial charge in [0.25, 0.3) is 5.91 Å². The fraction of sp³-hybridized carbons (Fsp3) is 0.500. The predicted molar refractivity (Wildman–Crippen MR) is 100 cm³/mol. The Bertz CT molecular complexity index is 761. The SMILES string of the molecule is COc1cccc(C(=O)N2CCC(c3nccn3C(C)C)CC2)c1OC. The highest BCUT2D eigenvalue weighted by atomic mass is 16.5. The normalized spacial score (nSPS) is 15.3. The van der Waals surface area contributed by atoms with Crippen LogP contribution in [0.3, 0.4) is 0 Å². The molecule has 0 bridgehead atoms. The molecule has 0 unspecified atom stereocenters. The van der Waals surface area contributed by atoms with E-state index in [0.29, 0.717) is 29.0 Å². The number of hydrogen-bond acceptors (Lipinski definition) is 4. The van der Waals surface area contributed by atoms with Gasteiger partial charge in [0.05, 0.1) is 19.8 Å². The number of rotatable bonds is 5. The van der Waals surface area contributed by atoms with Crippen LogP contribution in [0.4, 0.5) is 0 Å². The highest BCUT2D eigenvalue weighted by molar-refractivity contribution is 5.97. The lowest BCUT2D eigenvalue weighted by Crippen LogP contribution is -2.38.